The molecule has 22 heavy (non-hydrogen) atoms. The van der Waals surface area contributed by atoms with Gasteiger partial charge in [0.1, 0.15) is 11.5 Å². The maximum absolute atomic E-state index is 12.5. The Bertz CT molecular complexity index is 684. The zero-order chi connectivity index (χ0) is 16.0. The van der Waals surface area contributed by atoms with Crippen molar-refractivity contribution in [3.05, 3.63) is 29.8 Å². The number of likely N-dealkylation sites (tertiary alicyclic amines) is 1. The number of carbonyl (C=O) groups is 1. The highest BCUT2D eigenvalue weighted by molar-refractivity contribution is 7.86. The Morgan fingerprint density at radius 1 is 1.32 bits per heavy atom. The lowest BCUT2D eigenvalue weighted by Gasteiger charge is -2.25. The lowest BCUT2D eigenvalue weighted by molar-refractivity contribution is -0.148. The number of hydrogen-bond acceptors (Lipinski definition) is 6. The fourth-order valence-corrected chi connectivity index (χ4v) is 4.28. The monoisotopic (exact) mass is 325 g/mol. The van der Waals surface area contributed by atoms with Crippen LogP contribution in [0.2, 0.25) is 0 Å². The third-order valence-electron chi connectivity index (χ3n) is 4.39. The number of cyclic esters (lactones) is 1. The van der Waals surface area contributed by atoms with Crippen LogP contribution in [0.1, 0.15) is 12.0 Å². The molecule has 2 fully saturated rings. The number of ether oxygens (including phenoxy) is 1. The molecule has 2 aliphatic rings. The zero-order valence-corrected chi connectivity index (χ0v) is 13.4. The van der Waals surface area contributed by atoms with Gasteiger partial charge in [-0.2, -0.15) is 8.42 Å². The van der Waals surface area contributed by atoms with Crippen LogP contribution in [0.3, 0.4) is 0 Å². The fourth-order valence-electron chi connectivity index (χ4n) is 3.15. The largest absolute Gasteiger partial charge is 0.465 e. The first-order valence-corrected chi connectivity index (χ1v) is 8.60. The molecule has 2 saturated heterocycles. The molecule has 2 atom stereocenters. The van der Waals surface area contributed by atoms with E-state index in [1.165, 1.54) is 12.1 Å². The molecule has 1 spiro atoms. The zero-order valence-electron chi connectivity index (χ0n) is 12.6. The minimum absolute atomic E-state index is 0.106. The second kappa shape index (κ2) is 5.33. The Hall–Kier alpha value is -1.44. The van der Waals surface area contributed by atoms with Crippen molar-refractivity contribution in [1.82, 2.24) is 4.90 Å². The van der Waals surface area contributed by atoms with E-state index >= 15 is 0 Å². The van der Waals surface area contributed by atoms with Crippen molar-refractivity contribution in [3.8, 4) is 0 Å². The molecule has 0 radical (unpaired) electrons. The van der Waals surface area contributed by atoms with E-state index in [1.807, 2.05) is 18.9 Å². The van der Waals surface area contributed by atoms with Crippen molar-refractivity contribution in [2.75, 3.05) is 26.7 Å². The first kappa shape index (κ1) is 15.5. The topological polar surface area (TPSA) is 72.9 Å². The smallest absolute Gasteiger partial charge is 0.316 e. The summed E-state index contributed by atoms with van der Waals surface area (Å²) < 4.78 is 35.4. The third-order valence-corrected chi connectivity index (χ3v) is 5.72. The van der Waals surface area contributed by atoms with Gasteiger partial charge in [0.15, 0.2) is 0 Å². The standard InChI is InChI=1S/C15H19NO5S/c1-11-3-5-12(6-4-11)22(18,19)21-13-9-16(2)10-15(13)7-8-20-14(15)17/h3-6,13H,7-10H2,1-2H3/t13-,15+/m1/s1. The van der Waals surface area contributed by atoms with E-state index in [2.05, 4.69) is 0 Å². The van der Waals surface area contributed by atoms with Crippen molar-refractivity contribution in [3.63, 3.8) is 0 Å². The quantitative estimate of drug-likeness (QED) is 0.608. The highest BCUT2D eigenvalue weighted by Gasteiger charge is 2.57. The van der Waals surface area contributed by atoms with Crippen LogP contribution >= 0.6 is 0 Å². The molecule has 0 aromatic heterocycles. The molecule has 0 N–H and O–H groups in total. The van der Waals surface area contributed by atoms with Gasteiger partial charge in [-0.05, 0) is 26.1 Å². The average molecular weight is 325 g/mol. The first-order valence-electron chi connectivity index (χ1n) is 7.19. The van der Waals surface area contributed by atoms with E-state index in [-0.39, 0.29) is 10.9 Å². The molecule has 1 aromatic rings. The minimum Gasteiger partial charge on any atom is -0.465 e. The maximum Gasteiger partial charge on any atom is 0.316 e. The van der Waals surface area contributed by atoms with Crippen LogP contribution in [-0.4, -0.2) is 52.1 Å². The van der Waals surface area contributed by atoms with Crippen molar-refractivity contribution >= 4 is 16.1 Å². The molecule has 7 heteroatoms. The number of esters is 1. The lowest BCUT2D eigenvalue weighted by Crippen LogP contribution is -2.41. The van der Waals surface area contributed by atoms with E-state index in [0.29, 0.717) is 26.1 Å². The Morgan fingerprint density at radius 3 is 2.59 bits per heavy atom. The summed E-state index contributed by atoms with van der Waals surface area (Å²) in [5, 5.41) is 0. The van der Waals surface area contributed by atoms with Gasteiger partial charge in [-0.3, -0.25) is 8.98 Å². The van der Waals surface area contributed by atoms with E-state index in [4.69, 9.17) is 8.92 Å². The molecule has 120 valence electrons. The number of aryl methyl sites for hydroxylation is 1. The molecule has 0 amide bonds. The summed E-state index contributed by atoms with van der Waals surface area (Å²) in [6, 6.07) is 6.47. The van der Waals surface area contributed by atoms with Crippen molar-refractivity contribution < 1.29 is 22.1 Å². The number of benzene rings is 1. The van der Waals surface area contributed by atoms with E-state index in [1.54, 1.807) is 12.1 Å². The van der Waals surface area contributed by atoms with Gasteiger partial charge in [-0.25, -0.2) is 0 Å². The van der Waals surface area contributed by atoms with Gasteiger partial charge in [-0.15, -0.1) is 0 Å². The highest BCUT2D eigenvalue weighted by Crippen LogP contribution is 2.42. The van der Waals surface area contributed by atoms with Crippen LogP contribution in [0.25, 0.3) is 0 Å². The fraction of sp³-hybridized carbons (Fsp3) is 0.533. The predicted octanol–water partition coefficient (Wildman–Crippen LogP) is 0.948. The molecule has 1 aromatic carbocycles. The summed E-state index contributed by atoms with van der Waals surface area (Å²) in [4.78, 5) is 14.1. The van der Waals surface area contributed by atoms with Gasteiger partial charge in [0.25, 0.3) is 10.1 Å². The Labute approximate surface area is 130 Å². The summed E-state index contributed by atoms with van der Waals surface area (Å²) in [7, 11) is -2.06. The van der Waals surface area contributed by atoms with Crippen LogP contribution in [0.4, 0.5) is 0 Å². The normalized spacial score (nSPS) is 29.2. The molecule has 0 aliphatic carbocycles. The van der Waals surface area contributed by atoms with Crippen LogP contribution in [0, 0.1) is 12.3 Å². The number of likely N-dealkylation sites (N-methyl/N-ethyl adjacent to an activating group) is 1. The highest BCUT2D eigenvalue weighted by atomic mass is 32.2. The van der Waals surface area contributed by atoms with Crippen LogP contribution in [-0.2, 0) is 23.8 Å². The first-order chi connectivity index (χ1) is 10.3. The van der Waals surface area contributed by atoms with Crippen LogP contribution in [0.5, 0.6) is 0 Å². The molecule has 2 aliphatic heterocycles. The predicted molar refractivity (Wildman–Crippen MR) is 78.7 cm³/mol. The molecule has 3 rings (SSSR count). The number of hydrogen-bond donors (Lipinski definition) is 0. The van der Waals surface area contributed by atoms with Crippen LogP contribution < -0.4 is 0 Å². The van der Waals surface area contributed by atoms with Crippen molar-refractivity contribution in [2.24, 2.45) is 5.41 Å². The van der Waals surface area contributed by atoms with E-state index in [9.17, 15) is 13.2 Å². The van der Waals surface area contributed by atoms with Crippen molar-refractivity contribution in [2.45, 2.75) is 24.3 Å². The molecule has 0 saturated carbocycles. The van der Waals surface area contributed by atoms with E-state index in [0.717, 1.165) is 5.56 Å². The van der Waals surface area contributed by atoms with Gasteiger partial charge >= 0.3 is 5.97 Å². The summed E-state index contributed by atoms with van der Waals surface area (Å²) in [6.45, 7) is 3.05. The lowest BCUT2D eigenvalue weighted by atomic mass is 9.83. The summed E-state index contributed by atoms with van der Waals surface area (Å²) in [5.41, 5.74) is 0.0994. The van der Waals surface area contributed by atoms with Crippen LogP contribution in [0.15, 0.2) is 29.2 Å². The maximum atomic E-state index is 12.5. The van der Waals surface area contributed by atoms with E-state index < -0.39 is 21.6 Å². The van der Waals surface area contributed by atoms with Gasteiger partial charge in [-0.1, -0.05) is 17.7 Å². The Balaban J connectivity index is 1.88. The summed E-state index contributed by atoms with van der Waals surface area (Å²) in [6.07, 6.45) is -0.219. The Kier molecular flexibility index (Phi) is 3.74. The molecular formula is C15H19NO5S. The van der Waals surface area contributed by atoms with Crippen molar-refractivity contribution in [1.29, 1.82) is 0 Å². The summed E-state index contributed by atoms with van der Waals surface area (Å²) >= 11 is 0. The molecular weight excluding hydrogens is 306 g/mol. The second-order valence-corrected chi connectivity index (χ2v) is 7.66. The third kappa shape index (κ3) is 2.53. The average Bonchev–Trinajstić information content (AvgIpc) is 2.95. The minimum atomic E-state index is -3.91. The molecule has 2 heterocycles. The second-order valence-electron chi connectivity index (χ2n) is 6.09. The van der Waals surface area contributed by atoms with Gasteiger partial charge in [0.2, 0.25) is 0 Å². The molecule has 0 bridgehead atoms. The molecule has 6 nitrogen and oxygen atoms in total. The summed E-state index contributed by atoms with van der Waals surface area (Å²) in [5.74, 6) is -0.360. The van der Waals surface area contributed by atoms with Gasteiger partial charge < -0.3 is 9.64 Å². The SMILES string of the molecule is Cc1ccc(S(=O)(=O)O[C@@H]2CN(C)C[C@@]23CCOC3=O)cc1. The van der Waals surface area contributed by atoms with Gasteiger partial charge in [0, 0.05) is 19.5 Å². The van der Waals surface area contributed by atoms with Gasteiger partial charge in [0.05, 0.1) is 11.5 Å². The molecule has 0 unspecified atom stereocenters. The Morgan fingerprint density at radius 2 is 2.00 bits per heavy atom. The number of carbonyl (C=O) groups excluding carboxylic acids is 1. The number of nitrogens with zero attached hydrogens (tertiary/aromatic N) is 1. The number of rotatable bonds is 3.